The summed E-state index contributed by atoms with van der Waals surface area (Å²) in [7, 11) is 0. The summed E-state index contributed by atoms with van der Waals surface area (Å²) in [4.78, 5) is 12.9. The molecule has 2 aliphatic carbocycles. The molecule has 1 aromatic rings. The lowest BCUT2D eigenvalue weighted by Crippen LogP contribution is -2.45. The molecule has 0 saturated carbocycles. The molecule has 126 valence electrons. The summed E-state index contributed by atoms with van der Waals surface area (Å²) in [6, 6.07) is 13.7. The van der Waals surface area contributed by atoms with E-state index in [0.717, 1.165) is 36.0 Å². The number of ether oxygens (including phenoxy) is 1. The largest absolute Gasteiger partial charge is 0.464 e. The molecule has 0 fully saturated rings. The Kier molecular flexibility index (Phi) is 4.33. The zero-order valence-electron chi connectivity index (χ0n) is 14.1. The molecule has 25 heavy (non-hydrogen) atoms. The van der Waals surface area contributed by atoms with Crippen LogP contribution in [0.1, 0.15) is 37.7 Å². The molecule has 0 radical (unpaired) electrons. The number of nitrogens with zero attached hydrogens (tertiary/aromatic N) is 2. The van der Waals surface area contributed by atoms with Crippen LogP contribution in [0.4, 0.5) is 0 Å². The van der Waals surface area contributed by atoms with Crippen molar-refractivity contribution in [1.82, 2.24) is 0 Å². The van der Waals surface area contributed by atoms with Crippen LogP contribution in [-0.2, 0) is 9.53 Å². The lowest BCUT2D eigenvalue weighted by molar-refractivity contribution is -0.151. The summed E-state index contributed by atoms with van der Waals surface area (Å²) >= 11 is 0. The quantitative estimate of drug-likeness (QED) is 0.857. The first-order valence-electron chi connectivity index (χ1n) is 8.37. The molecule has 2 N–H and O–H groups in total. The number of nitrogens with two attached hydrogens (primary N) is 1. The van der Waals surface area contributed by atoms with Gasteiger partial charge in [0, 0.05) is 5.92 Å². The van der Waals surface area contributed by atoms with E-state index in [-0.39, 0.29) is 17.9 Å². The first kappa shape index (κ1) is 16.8. The molecule has 2 unspecified atom stereocenters. The van der Waals surface area contributed by atoms with Gasteiger partial charge in [-0.3, -0.25) is 0 Å². The molecule has 0 saturated heterocycles. The standard InChI is InChI=1S/C20H19N3O2/c1-2-25-19(24)20(12-22)17(13-7-4-3-5-8-13)15-10-6-9-14(15)16(11-21)18(20)23/h3-5,7-8,17H,2,6,9-10,23H2,1H3. The fourth-order valence-corrected chi connectivity index (χ4v) is 4.02. The molecule has 2 atom stereocenters. The van der Waals surface area contributed by atoms with Crippen molar-refractivity contribution < 1.29 is 9.53 Å². The van der Waals surface area contributed by atoms with Gasteiger partial charge in [0.05, 0.1) is 23.9 Å². The number of esters is 1. The smallest absolute Gasteiger partial charge is 0.333 e. The van der Waals surface area contributed by atoms with Crippen LogP contribution >= 0.6 is 0 Å². The Balaban J connectivity index is 2.32. The lowest BCUT2D eigenvalue weighted by Gasteiger charge is -2.38. The molecule has 0 spiro atoms. The number of nitriles is 2. The lowest BCUT2D eigenvalue weighted by atomic mass is 9.62. The van der Waals surface area contributed by atoms with E-state index in [2.05, 4.69) is 12.1 Å². The minimum Gasteiger partial charge on any atom is -0.464 e. The second-order valence-corrected chi connectivity index (χ2v) is 6.24. The van der Waals surface area contributed by atoms with Gasteiger partial charge in [0.2, 0.25) is 5.41 Å². The monoisotopic (exact) mass is 333 g/mol. The Morgan fingerprint density at radius 2 is 2.04 bits per heavy atom. The predicted molar refractivity (Wildman–Crippen MR) is 91.6 cm³/mol. The Hall–Kier alpha value is -3.05. The predicted octanol–water partition coefficient (Wildman–Crippen LogP) is 3.07. The SMILES string of the molecule is CCOC(=O)C1(C#N)C(N)=C(C#N)C2=C(CCC2)C1c1ccccc1. The van der Waals surface area contributed by atoms with Gasteiger partial charge in [0.25, 0.3) is 0 Å². The Bertz CT molecular complexity index is 855. The molecule has 0 bridgehead atoms. The topological polar surface area (TPSA) is 99.9 Å². The van der Waals surface area contributed by atoms with E-state index < -0.39 is 17.3 Å². The van der Waals surface area contributed by atoms with Crippen molar-refractivity contribution >= 4 is 5.97 Å². The van der Waals surface area contributed by atoms with Crippen LogP contribution in [0, 0.1) is 28.1 Å². The minimum atomic E-state index is -1.70. The van der Waals surface area contributed by atoms with Gasteiger partial charge < -0.3 is 10.5 Å². The summed E-state index contributed by atoms with van der Waals surface area (Å²) in [6.45, 7) is 1.83. The number of carbonyl (C=O) groups is 1. The van der Waals surface area contributed by atoms with Crippen LogP contribution < -0.4 is 5.73 Å². The molecule has 5 nitrogen and oxygen atoms in total. The van der Waals surface area contributed by atoms with Crippen LogP contribution in [-0.4, -0.2) is 12.6 Å². The molecule has 0 amide bonds. The van der Waals surface area contributed by atoms with E-state index in [1.807, 2.05) is 30.3 Å². The van der Waals surface area contributed by atoms with Crippen molar-refractivity contribution in [3.8, 4) is 12.1 Å². The Morgan fingerprint density at radius 1 is 1.32 bits per heavy atom. The summed E-state index contributed by atoms with van der Waals surface area (Å²) in [5, 5.41) is 19.7. The minimum absolute atomic E-state index is 0.0189. The fourth-order valence-electron chi connectivity index (χ4n) is 4.02. The molecule has 0 aromatic heterocycles. The van der Waals surface area contributed by atoms with Gasteiger partial charge >= 0.3 is 5.97 Å². The van der Waals surface area contributed by atoms with Gasteiger partial charge in [0.1, 0.15) is 6.07 Å². The Morgan fingerprint density at radius 3 is 2.64 bits per heavy atom. The number of carbonyl (C=O) groups excluding carboxylic acids is 1. The van der Waals surface area contributed by atoms with Crippen molar-refractivity contribution in [3.63, 3.8) is 0 Å². The number of hydrogen-bond donors (Lipinski definition) is 1. The number of rotatable bonds is 3. The van der Waals surface area contributed by atoms with E-state index in [9.17, 15) is 15.3 Å². The van der Waals surface area contributed by atoms with Crippen LogP contribution in [0.5, 0.6) is 0 Å². The Labute approximate surface area is 147 Å². The van der Waals surface area contributed by atoms with Crippen LogP contribution in [0.15, 0.2) is 52.7 Å². The van der Waals surface area contributed by atoms with Gasteiger partial charge in [-0.05, 0) is 37.3 Å². The molecular weight excluding hydrogens is 314 g/mol. The first-order valence-corrected chi connectivity index (χ1v) is 8.37. The summed E-state index contributed by atoms with van der Waals surface area (Å²) in [5.74, 6) is -1.21. The van der Waals surface area contributed by atoms with Crippen molar-refractivity contribution in [1.29, 1.82) is 10.5 Å². The van der Waals surface area contributed by atoms with Crippen LogP contribution in [0.2, 0.25) is 0 Å². The van der Waals surface area contributed by atoms with E-state index >= 15 is 0 Å². The van der Waals surface area contributed by atoms with E-state index in [1.54, 1.807) is 6.92 Å². The second-order valence-electron chi connectivity index (χ2n) is 6.24. The van der Waals surface area contributed by atoms with Gasteiger partial charge in [-0.15, -0.1) is 0 Å². The number of benzene rings is 1. The maximum Gasteiger partial charge on any atom is 0.333 e. The fraction of sp³-hybridized carbons (Fsp3) is 0.350. The van der Waals surface area contributed by atoms with Crippen molar-refractivity contribution in [2.24, 2.45) is 11.1 Å². The molecule has 1 aromatic carbocycles. The highest BCUT2D eigenvalue weighted by Gasteiger charge is 2.57. The normalized spacial score (nSPS) is 25.2. The summed E-state index contributed by atoms with van der Waals surface area (Å²) in [5.41, 5.74) is 7.58. The van der Waals surface area contributed by atoms with E-state index in [1.165, 1.54) is 0 Å². The van der Waals surface area contributed by atoms with Gasteiger partial charge in [-0.1, -0.05) is 35.9 Å². The zero-order chi connectivity index (χ0) is 18.0. The van der Waals surface area contributed by atoms with Gasteiger partial charge in [-0.2, -0.15) is 10.5 Å². The molecule has 5 heteroatoms. The third-order valence-electron chi connectivity index (χ3n) is 5.06. The third kappa shape index (κ3) is 2.32. The van der Waals surface area contributed by atoms with Crippen LogP contribution in [0.3, 0.4) is 0 Å². The summed E-state index contributed by atoms with van der Waals surface area (Å²) < 4.78 is 5.23. The molecular formula is C20H19N3O2. The number of allylic oxidation sites excluding steroid dienone is 3. The molecule has 2 aliphatic rings. The average molecular weight is 333 g/mol. The van der Waals surface area contributed by atoms with Crippen molar-refractivity contribution in [2.75, 3.05) is 6.61 Å². The molecule has 3 rings (SSSR count). The van der Waals surface area contributed by atoms with Crippen LogP contribution in [0.25, 0.3) is 0 Å². The van der Waals surface area contributed by atoms with E-state index in [4.69, 9.17) is 10.5 Å². The highest BCUT2D eigenvalue weighted by Crippen LogP contribution is 2.55. The van der Waals surface area contributed by atoms with Crippen molar-refractivity contribution in [3.05, 3.63) is 58.3 Å². The highest BCUT2D eigenvalue weighted by molar-refractivity contribution is 5.88. The third-order valence-corrected chi connectivity index (χ3v) is 5.06. The first-order chi connectivity index (χ1) is 12.1. The maximum absolute atomic E-state index is 12.9. The molecule has 0 heterocycles. The zero-order valence-corrected chi connectivity index (χ0v) is 14.1. The van der Waals surface area contributed by atoms with Gasteiger partial charge in [-0.25, -0.2) is 4.79 Å². The summed E-state index contributed by atoms with van der Waals surface area (Å²) in [6.07, 6.45) is 2.37. The van der Waals surface area contributed by atoms with E-state index in [0.29, 0.717) is 0 Å². The molecule has 0 aliphatic heterocycles. The van der Waals surface area contributed by atoms with Gasteiger partial charge in [0.15, 0.2) is 0 Å². The van der Waals surface area contributed by atoms with Crippen molar-refractivity contribution in [2.45, 2.75) is 32.1 Å². The second kappa shape index (κ2) is 6.45. The number of hydrogen-bond acceptors (Lipinski definition) is 5. The highest BCUT2D eigenvalue weighted by atomic mass is 16.5. The average Bonchev–Trinajstić information content (AvgIpc) is 3.10. The maximum atomic E-state index is 12.9.